The largest absolute Gasteiger partial charge is 0.466 e. The molecule has 4 rings (SSSR count). The highest BCUT2D eigenvalue weighted by atomic mass is 16.5. The van der Waals surface area contributed by atoms with E-state index in [9.17, 15) is 4.79 Å². The average Bonchev–Trinajstić information content (AvgIpc) is 3.22. The van der Waals surface area contributed by atoms with E-state index in [2.05, 4.69) is 18.9 Å². The molecule has 0 aliphatic carbocycles. The van der Waals surface area contributed by atoms with Gasteiger partial charge in [0.15, 0.2) is 5.65 Å². The first-order valence-corrected chi connectivity index (χ1v) is 10.1. The third-order valence-corrected chi connectivity index (χ3v) is 5.32. The maximum atomic E-state index is 13.5. The van der Waals surface area contributed by atoms with Crippen LogP contribution in [0.4, 0.5) is 0 Å². The van der Waals surface area contributed by atoms with E-state index in [1.165, 1.54) is 0 Å². The Labute approximate surface area is 170 Å². The van der Waals surface area contributed by atoms with Crippen molar-refractivity contribution in [1.82, 2.24) is 19.7 Å². The maximum absolute atomic E-state index is 13.5. The lowest BCUT2D eigenvalue weighted by Gasteiger charge is -2.38. The van der Waals surface area contributed by atoms with Gasteiger partial charge in [-0.05, 0) is 53.7 Å². The Kier molecular flexibility index (Phi) is 4.73. The molecule has 29 heavy (non-hydrogen) atoms. The van der Waals surface area contributed by atoms with Gasteiger partial charge in [0.25, 0.3) is 5.91 Å². The third kappa shape index (κ3) is 3.55. The number of carbonyl (C=O) groups excluding carboxylic acids is 1. The van der Waals surface area contributed by atoms with E-state index in [4.69, 9.17) is 14.1 Å². The molecule has 1 aliphatic rings. The molecule has 154 valence electrons. The number of hydrogen-bond donors (Lipinski definition) is 0. The zero-order valence-corrected chi connectivity index (χ0v) is 17.9. The quantitative estimate of drug-likeness (QED) is 0.665. The molecule has 0 atom stereocenters. The number of hydrogen-bond acceptors (Lipinski definition) is 5. The van der Waals surface area contributed by atoms with Crippen LogP contribution in [-0.2, 0) is 4.74 Å². The molecule has 0 radical (unpaired) electrons. The van der Waals surface area contributed by atoms with Gasteiger partial charge in [0.05, 0.1) is 35.0 Å². The summed E-state index contributed by atoms with van der Waals surface area (Å²) in [6.45, 7) is 13.6. The van der Waals surface area contributed by atoms with Gasteiger partial charge in [-0.2, -0.15) is 5.10 Å². The fourth-order valence-electron chi connectivity index (χ4n) is 3.96. The molecule has 0 spiro atoms. The Balaban J connectivity index is 1.88. The van der Waals surface area contributed by atoms with Crippen LogP contribution in [0.5, 0.6) is 0 Å². The summed E-state index contributed by atoms with van der Waals surface area (Å²) < 4.78 is 13.4. The normalized spacial score (nSPS) is 16.7. The number of ether oxygens (including phenoxy) is 1. The van der Waals surface area contributed by atoms with Crippen LogP contribution in [0.15, 0.2) is 22.7 Å². The second-order valence-corrected chi connectivity index (χ2v) is 8.64. The van der Waals surface area contributed by atoms with Crippen LogP contribution in [-0.4, -0.2) is 50.9 Å². The topological polar surface area (TPSA) is 73.4 Å². The molecule has 0 N–H and O–H groups in total. The van der Waals surface area contributed by atoms with E-state index < -0.39 is 0 Å². The Bertz CT molecular complexity index is 1080. The summed E-state index contributed by atoms with van der Waals surface area (Å²) in [4.78, 5) is 20.3. The van der Waals surface area contributed by atoms with Crippen LogP contribution in [0, 0.1) is 13.8 Å². The molecule has 4 heterocycles. The van der Waals surface area contributed by atoms with Crippen molar-refractivity contribution in [2.24, 2.45) is 0 Å². The van der Waals surface area contributed by atoms with Crippen molar-refractivity contribution in [2.45, 2.75) is 53.2 Å². The van der Waals surface area contributed by atoms with Gasteiger partial charge in [-0.1, -0.05) is 0 Å². The highest BCUT2D eigenvalue weighted by Crippen LogP contribution is 2.31. The zero-order chi connectivity index (χ0) is 20.9. The predicted molar refractivity (Wildman–Crippen MR) is 111 cm³/mol. The summed E-state index contributed by atoms with van der Waals surface area (Å²) in [6.07, 6.45) is 1.75. The van der Waals surface area contributed by atoms with Crippen molar-refractivity contribution in [1.29, 1.82) is 0 Å². The fraction of sp³-hybridized carbons (Fsp3) is 0.500. The smallest absolute Gasteiger partial charge is 0.254 e. The predicted octanol–water partition coefficient (Wildman–Crippen LogP) is 4.14. The van der Waals surface area contributed by atoms with Gasteiger partial charge in [0, 0.05) is 24.7 Å². The second-order valence-electron chi connectivity index (χ2n) is 8.64. The first kappa shape index (κ1) is 19.6. The summed E-state index contributed by atoms with van der Waals surface area (Å²) in [7, 11) is 0. The lowest BCUT2D eigenvalue weighted by molar-refractivity contribution is -0.0763. The molecule has 1 fully saturated rings. The summed E-state index contributed by atoms with van der Waals surface area (Å²) >= 11 is 0. The number of pyridine rings is 1. The van der Waals surface area contributed by atoms with Crippen molar-refractivity contribution in [2.75, 3.05) is 19.7 Å². The van der Waals surface area contributed by atoms with Crippen molar-refractivity contribution in [3.63, 3.8) is 0 Å². The second kappa shape index (κ2) is 6.99. The van der Waals surface area contributed by atoms with E-state index in [1.54, 1.807) is 6.20 Å². The minimum absolute atomic E-state index is 0.0174. The molecule has 1 aliphatic heterocycles. The highest BCUT2D eigenvalue weighted by Gasteiger charge is 2.32. The number of furan rings is 1. The van der Waals surface area contributed by atoms with Gasteiger partial charge < -0.3 is 14.1 Å². The Morgan fingerprint density at radius 2 is 2.00 bits per heavy atom. The van der Waals surface area contributed by atoms with Crippen LogP contribution < -0.4 is 0 Å². The maximum Gasteiger partial charge on any atom is 0.254 e. The number of morpholine rings is 1. The van der Waals surface area contributed by atoms with Gasteiger partial charge in [-0.25, -0.2) is 9.67 Å². The number of aromatic nitrogens is 3. The molecule has 3 aromatic rings. The Morgan fingerprint density at radius 3 is 2.62 bits per heavy atom. The lowest BCUT2D eigenvalue weighted by atomic mass is 10.0. The molecule has 0 saturated carbocycles. The van der Waals surface area contributed by atoms with Crippen LogP contribution in [0.25, 0.3) is 22.3 Å². The summed E-state index contributed by atoms with van der Waals surface area (Å²) in [5, 5.41) is 5.28. The van der Waals surface area contributed by atoms with E-state index in [0.29, 0.717) is 30.9 Å². The fourth-order valence-corrected chi connectivity index (χ4v) is 3.96. The van der Waals surface area contributed by atoms with Gasteiger partial charge in [-0.15, -0.1) is 0 Å². The minimum atomic E-state index is -0.358. The standard InChI is InChI=1S/C22H28N4O3/c1-13(2)26-20-18(11-23-26)17(21(27)25-7-8-28-22(5,6)12-25)10-19(24-20)16-9-14(3)29-15(16)4/h9-11,13H,7-8,12H2,1-6H3. The summed E-state index contributed by atoms with van der Waals surface area (Å²) in [5.74, 6) is 1.59. The van der Waals surface area contributed by atoms with E-state index >= 15 is 0 Å². The van der Waals surface area contributed by atoms with Crippen LogP contribution >= 0.6 is 0 Å². The van der Waals surface area contributed by atoms with Gasteiger partial charge in [0.2, 0.25) is 0 Å². The van der Waals surface area contributed by atoms with Gasteiger partial charge in [-0.3, -0.25) is 4.79 Å². The first-order chi connectivity index (χ1) is 13.7. The number of rotatable bonds is 3. The summed E-state index contributed by atoms with van der Waals surface area (Å²) in [5.41, 5.74) is 2.60. The van der Waals surface area contributed by atoms with Crippen LogP contribution in [0.3, 0.4) is 0 Å². The molecular formula is C22H28N4O3. The zero-order valence-electron chi connectivity index (χ0n) is 17.9. The Hall–Kier alpha value is -2.67. The summed E-state index contributed by atoms with van der Waals surface area (Å²) in [6, 6.07) is 3.97. The molecule has 1 saturated heterocycles. The minimum Gasteiger partial charge on any atom is -0.466 e. The van der Waals surface area contributed by atoms with Gasteiger partial charge >= 0.3 is 0 Å². The van der Waals surface area contributed by atoms with E-state index in [0.717, 1.165) is 28.2 Å². The molecule has 7 heteroatoms. The molecular weight excluding hydrogens is 368 g/mol. The van der Waals surface area contributed by atoms with Crippen molar-refractivity contribution < 1.29 is 13.9 Å². The van der Waals surface area contributed by atoms with Crippen molar-refractivity contribution >= 4 is 16.9 Å². The van der Waals surface area contributed by atoms with E-state index in [1.807, 2.05) is 49.4 Å². The van der Waals surface area contributed by atoms with Crippen molar-refractivity contribution in [3.05, 3.63) is 35.4 Å². The number of amides is 1. The molecule has 3 aromatic heterocycles. The molecule has 1 amide bonds. The SMILES string of the molecule is Cc1cc(-c2cc(C(=O)N3CCOC(C)(C)C3)c3cnn(C(C)C)c3n2)c(C)o1. The molecule has 0 unspecified atom stereocenters. The number of nitrogens with zero attached hydrogens (tertiary/aromatic N) is 4. The molecule has 0 aromatic carbocycles. The highest BCUT2D eigenvalue weighted by molar-refractivity contribution is 6.06. The monoisotopic (exact) mass is 396 g/mol. The number of fused-ring (bicyclic) bond motifs is 1. The van der Waals surface area contributed by atoms with Gasteiger partial charge in [0.1, 0.15) is 11.5 Å². The Morgan fingerprint density at radius 1 is 1.24 bits per heavy atom. The van der Waals surface area contributed by atoms with Crippen LogP contribution in [0.2, 0.25) is 0 Å². The van der Waals surface area contributed by atoms with Crippen LogP contribution in [0.1, 0.15) is 55.6 Å². The third-order valence-electron chi connectivity index (χ3n) is 5.32. The van der Waals surface area contributed by atoms with E-state index in [-0.39, 0.29) is 17.6 Å². The number of aryl methyl sites for hydroxylation is 2. The molecule has 7 nitrogen and oxygen atoms in total. The lowest BCUT2D eigenvalue weighted by Crippen LogP contribution is -2.50. The average molecular weight is 396 g/mol. The van der Waals surface area contributed by atoms with Crippen molar-refractivity contribution in [3.8, 4) is 11.3 Å². The first-order valence-electron chi connectivity index (χ1n) is 10.1. The molecule has 0 bridgehead atoms. The number of carbonyl (C=O) groups is 1.